The number of thiol groups is 1. The van der Waals surface area contributed by atoms with E-state index in [4.69, 9.17) is 0 Å². The van der Waals surface area contributed by atoms with Gasteiger partial charge in [0.25, 0.3) is 0 Å². The molecule has 0 aromatic heterocycles. The number of hydrogen-bond donors (Lipinski definition) is 2. The molecule has 1 aromatic rings. The lowest BCUT2D eigenvalue weighted by Crippen LogP contribution is -2.33. The molecule has 4 rings (SSSR count). The molecule has 2 nitrogen and oxygen atoms in total. The van der Waals surface area contributed by atoms with Crippen LogP contribution in [0.3, 0.4) is 0 Å². The number of carbonyl (C=O) groups is 1. The predicted octanol–water partition coefficient (Wildman–Crippen LogP) is 9.01. The normalized spacial score (nSPS) is 30.2. The van der Waals surface area contributed by atoms with E-state index in [0.717, 1.165) is 41.4 Å². The summed E-state index contributed by atoms with van der Waals surface area (Å²) < 4.78 is 15.2. The summed E-state index contributed by atoms with van der Waals surface area (Å²) in [6.07, 6.45) is 20.2. The van der Waals surface area contributed by atoms with Gasteiger partial charge in [0, 0.05) is 6.04 Å². The molecule has 0 heterocycles. The molecular weight excluding hydrogens is 477 g/mol. The molecule has 0 aliphatic heterocycles. The van der Waals surface area contributed by atoms with Crippen LogP contribution in [0.5, 0.6) is 0 Å². The highest BCUT2D eigenvalue weighted by molar-refractivity contribution is 7.80. The van der Waals surface area contributed by atoms with Gasteiger partial charge in [0.15, 0.2) is 0 Å². The molecule has 208 valence electrons. The van der Waals surface area contributed by atoms with Gasteiger partial charge in [-0.25, -0.2) is 4.39 Å². The highest BCUT2D eigenvalue weighted by atomic mass is 32.1. The second-order valence-corrected chi connectivity index (χ2v) is 12.6. The number of aldehydes is 1. The van der Waals surface area contributed by atoms with Crippen molar-refractivity contribution in [3.63, 3.8) is 0 Å². The molecule has 3 fully saturated rings. The van der Waals surface area contributed by atoms with Gasteiger partial charge in [-0.1, -0.05) is 31.6 Å². The number of rotatable bonds is 9. The SMILES string of the molecule is C=C(C)C=O.CNC1CCC(C2CCC(c3ccc(C4CCC(CCCCS)CC4)cc3F)CC2)CC1. The Balaban J connectivity index is 0.000000695. The molecule has 1 N–H and O–H groups in total. The molecule has 0 bridgehead atoms. The second-order valence-electron chi connectivity index (χ2n) is 12.2. The van der Waals surface area contributed by atoms with Crippen molar-refractivity contribution >= 4 is 18.9 Å². The first-order chi connectivity index (χ1) is 17.9. The lowest BCUT2D eigenvalue weighted by atomic mass is 9.69. The predicted molar refractivity (Wildman–Crippen MR) is 159 cm³/mol. The lowest BCUT2D eigenvalue weighted by molar-refractivity contribution is -0.104. The Morgan fingerprint density at radius 3 is 2.03 bits per heavy atom. The Hall–Kier alpha value is -1.13. The number of hydrogen-bond acceptors (Lipinski definition) is 3. The van der Waals surface area contributed by atoms with Crippen LogP contribution in [0, 0.1) is 23.6 Å². The summed E-state index contributed by atoms with van der Waals surface area (Å²) in [6, 6.07) is 7.08. The van der Waals surface area contributed by atoms with Gasteiger partial charge < -0.3 is 5.32 Å². The third-order valence-corrected chi connectivity index (χ3v) is 9.94. The maximum atomic E-state index is 15.2. The average Bonchev–Trinajstić information content (AvgIpc) is 2.94. The van der Waals surface area contributed by atoms with Crippen LogP contribution in [-0.2, 0) is 4.79 Å². The van der Waals surface area contributed by atoms with Crippen LogP contribution in [0.1, 0.15) is 126 Å². The minimum absolute atomic E-state index is 0.0800. The summed E-state index contributed by atoms with van der Waals surface area (Å²) >= 11 is 4.33. The third kappa shape index (κ3) is 9.53. The summed E-state index contributed by atoms with van der Waals surface area (Å²) in [5.74, 6) is 4.80. The van der Waals surface area contributed by atoms with Gasteiger partial charge in [-0.05, 0) is 156 Å². The summed E-state index contributed by atoms with van der Waals surface area (Å²) in [5, 5.41) is 3.46. The van der Waals surface area contributed by atoms with Crippen LogP contribution in [0.15, 0.2) is 30.4 Å². The van der Waals surface area contributed by atoms with Crippen molar-refractivity contribution in [3.8, 4) is 0 Å². The standard InChI is InChI=1S/C29H46FNS.C4H6O/c1-31-27-16-13-23(14-17-27)22-9-11-25(12-10-22)28-18-15-26(20-29(28)30)24-7-5-21(6-8-24)4-2-3-19-32;1-4(2)3-5/h15,18,20-25,27,31-32H,2-14,16-17,19H2,1H3;3H,1H2,2H3. The van der Waals surface area contributed by atoms with E-state index in [0.29, 0.717) is 17.4 Å². The summed E-state index contributed by atoms with van der Waals surface area (Å²) in [5.41, 5.74) is 2.84. The minimum atomic E-state index is 0.0800. The van der Waals surface area contributed by atoms with Crippen LogP contribution in [0.2, 0.25) is 0 Å². The Labute approximate surface area is 232 Å². The monoisotopic (exact) mass is 529 g/mol. The molecule has 0 spiro atoms. The topological polar surface area (TPSA) is 29.1 Å². The first-order valence-corrected chi connectivity index (χ1v) is 15.8. The molecule has 4 heteroatoms. The number of benzene rings is 1. The molecule has 3 aliphatic rings. The lowest BCUT2D eigenvalue weighted by Gasteiger charge is -2.38. The fraction of sp³-hybridized carbons (Fsp3) is 0.727. The molecule has 0 unspecified atom stereocenters. The fourth-order valence-electron chi connectivity index (χ4n) is 7.24. The van der Waals surface area contributed by atoms with Crippen molar-refractivity contribution in [1.29, 1.82) is 0 Å². The van der Waals surface area contributed by atoms with Gasteiger partial charge in [-0.2, -0.15) is 12.6 Å². The number of allylic oxidation sites excluding steroid dienone is 1. The summed E-state index contributed by atoms with van der Waals surface area (Å²) in [6.45, 7) is 4.97. The number of carbonyl (C=O) groups excluding carboxylic acids is 1. The van der Waals surface area contributed by atoms with E-state index < -0.39 is 0 Å². The zero-order valence-corrected chi connectivity index (χ0v) is 24.4. The van der Waals surface area contributed by atoms with Crippen molar-refractivity contribution in [2.75, 3.05) is 12.8 Å². The summed E-state index contributed by atoms with van der Waals surface area (Å²) in [4.78, 5) is 9.41. The molecule has 0 radical (unpaired) electrons. The molecule has 0 atom stereocenters. The number of nitrogens with one attached hydrogen (secondary N) is 1. The molecule has 3 aliphatic carbocycles. The van der Waals surface area contributed by atoms with Gasteiger partial charge in [0.1, 0.15) is 12.1 Å². The maximum Gasteiger partial charge on any atom is 0.145 e. The number of halogens is 1. The fourth-order valence-corrected chi connectivity index (χ4v) is 7.46. The van der Waals surface area contributed by atoms with Gasteiger partial charge in [0.05, 0.1) is 0 Å². The molecular formula is C33H52FNOS. The number of unbranched alkanes of at least 4 members (excludes halogenated alkanes) is 1. The van der Waals surface area contributed by atoms with Crippen LogP contribution < -0.4 is 5.32 Å². The Kier molecular flexibility index (Phi) is 13.2. The zero-order chi connectivity index (χ0) is 26.6. The first-order valence-electron chi connectivity index (χ1n) is 15.1. The maximum absolute atomic E-state index is 15.2. The average molecular weight is 530 g/mol. The van der Waals surface area contributed by atoms with E-state index in [1.807, 2.05) is 6.07 Å². The van der Waals surface area contributed by atoms with Crippen LogP contribution in [-0.4, -0.2) is 25.1 Å². The van der Waals surface area contributed by atoms with Crippen molar-refractivity contribution < 1.29 is 9.18 Å². The van der Waals surface area contributed by atoms with Gasteiger partial charge in [-0.15, -0.1) is 0 Å². The molecule has 3 saturated carbocycles. The summed E-state index contributed by atoms with van der Waals surface area (Å²) in [7, 11) is 2.10. The Morgan fingerprint density at radius 1 is 0.946 bits per heavy atom. The minimum Gasteiger partial charge on any atom is -0.317 e. The highest BCUT2D eigenvalue weighted by Crippen LogP contribution is 2.44. The van der Waals surface area contributed by atoms with E-state index >= 15 is 4.39 Å². The van der Waals surface area contributed by atoms with E-state index in [9.17, 15) is 4.79 Å². The van der Waals surface area contributed by atoms with Crippen LogP contribution in [0.4, 0.5) is 4.39 Å². The van der Waals surface area contributed by atoms with Gasteiger partial charge >= 0.3 is 0 Å². The van der Waals surface area contributed by atoms with Crippen molar-refractivity contribution in [3.05, 3.63) is 47.3 Å². The van der Waals surface area contributed by atoms with Crippen LogP contribution in [0.25, 0.3) is 0 Å². The van der Waals surface area contributed by atoms with E-state index in [2.05, 4.69) is 43.7 Å². The van der Waals surface area contributed by atoms with E-state index in [-0.39, 0.29) is 5.82 Å². The molecule has 0 saturated heterocycles. The van der Waals surface area contributed by atoms with Gasteiger partial charge in [0.2, 0.25) is 0 Å². The van der Waals surface area contributed by atoms with E-state index in [1.165, 1.54) is 102 Å². The zero-order valence-electron chi connectivity index (χ0n) is 23.5. The van der Waals surface area contributed by atoms with E-state index in [1.54, 1.807) is 6.92 Å². The Morgan fingerprint density at radius 2 is 1.51 bits per heavy atom. The quantitative estimate of drug-likeness (QED) is 0.145. The van der Waals surface area contributed by atoms with Crippen LogP contribution >= 0.6 is 12.6 Å². The molecule has 1 aromatic carbocycles. The second kappa shape index (κ2) is 16.1. The highest BCUT2D eigenvalue weighted by Gasteiger charge is 2.32. The van der Waals surface area contributed by atoms with Gasteiger partial charge in [-0.3, -0.25) is 4.79 Å². The largest absolute Gasteiger partial charge is 0.317 e. The van der Waals surface area contributed by atoms with Crippen molar-refractivity contribution in [2.45, 2.75) is 121 Å². The molecule has 0 amide bonds. The Bertz CT molecular complexity index is 818. The molecule has 37 heavy (non-hydrogen) atoms. The first kappa shape index (κ1) is 30.4. The third-order valence-electron chi connectivity index (χ3n) is 9.62. The van der Waals surface area contributed by atoms with Crippen molar-refractivity contribution in [1.82, 2.24) is 5.32 Å². The smallest absolute Gasteiger partial charge is 0.145 e. The van der Waals surface area contributed by atoms with Crippen molar-refractivity contribution in [2.24, 2.45) is 17.8 Å².